The van der Waals surface area contributed by atoms with Crippen molar-refractivity contribution in [3.8, 4) is 0 Å². The Morgan fingerprint density at radius 3 is 2.64 bits per heavy atom. The highest BCUT2D eigenvalue weighted by atomic mass is 32.1. The van der Waals surface area contributed by atoms with Gasteiger partial charge in [-0.15, -0.1) is 11.3 Å². The van der Waals surface area contributed by atoms with Gasteiger partial charge in [-0.25, -0.2) is 4.98 Å². The molecule has 3 aliphatic carbocycles. The third-order valence-corrected chi connectivity index (χ3v) is 5.07. The quantitative estimate of drug-likeness (QED) is 0.689. The fourth-order valence-electron chi connectivity index (χ4n) is 2.84. The molecule has 14 heavy (non-hydrogen) atoms. The molecule has 1 aromatic carbocycles. The molecule has 0 radical (unpaired) electrons. The number of hydrogen-bond donors (Lipinski definition) is 0. The van der Waals surface area contributed by atoms with Gasteiger partial charge in [0.05, 0.1) is 10.2 Å². The van der Waals surface area contributed by atoms with Gasteiger partial charge in [-0.3, -0.25) is 0 Å². The third-order valence-electron chi connectivity index (χ3n) is 3.79. The third kappa shape index (κ3) is 0.742. The molecule has 2 heteroatoms. The molecule has 1 nitrogen and oxygen atoms in total. The zero-order chi connectivity index (χ0) is 9.17. The SMILES string of the molecule is c1ccc2sc(C34CC(C3)C4)nc2c1. The minimum Gasteiger partial charge on any atom is -0.241 e. The number of rotatable bonds is 1. The van der Waals surface area contributed by atoms with Crippen molar-refractivity contribution in [2.24, 2.45) is 5.92 Å². The highest BCUT2D eigenvalue weighted by molar-refractivity contribution is 7.18. The molecule has 0 amide bonds. The second kappa shape index (κ2) is 2.19. The second-order valence-electron chi connectivity index (χ2n) is 4.75. The van der Waals surface area contributed by atoms with Crippen LogP contribution in [0.15, 0.2) is 24.3 Å². The summed E-state index contributed by atoms with van der Waals surface area (Å²) >= 11 is 1.91. The molecule has 3 saturated carbocycles. The van der Waals surface area contributed by atoms with Crippen molar-refractivity contribution < 1.29 is 0 Å². The molecule has 3 fully saturated rings. The van der Waals surface area contributed by atoms with Gasteiger partial charge in [0.25, 0.3) is 0 Å². The summed E-state index contributed by atoms with van der Waals surface area (Å²) in [7, 11) is 0. The van der Waals surface area contributed by atoms with Crippen LogP contribution in [0.25, 0.3) is 10.2 Å². The lowest BCUT2D eigenvalue weighted by molar-refractivity contribution is -0.0273. The normalized spacial score (nSPS) is 33.9. The lowest BCUT2D eigenvalue weighted by Gasteiger charge is -2.60. The molecule has 0 saturated heterocycles. The Morgan fingerprint density at radius 1 is 1.21 bits per heavy atom. The Balaban J connectivity index is 1.91. The lowest BCUT2D eigenvalue weighted by atomic mass is 9.45. The second-order valence-corrected chi connectivity index (χ2v) is 5.78. The number of aromatic nitrogens is 1. The van der Waals surface area contributed by atoms with E-state index in [-0.39, 0.29) is 0 Å². The first-order chi connectivity index (χ1) is 6.86. The molecule has 1 aromatic heterocycles. The van der Waals surface area contributed by atoms with Gasteiger partial charge in [0, 0.05) is 5.41 Å². The molecule has 2 bridgehead atoms. The van der Waals surface area contributed by atoms with Crippen molar-refractivity contribution in [3.05, 3.63) is 29.3 Å². The maximum atomic E-state index is 4.76. The van der Waals surface area contributed by atoms with Gasteiger partial charge in [-0.2, -0.15) is 0 Å². The molecule has 0 unspecified atom stereocenters. The molecule has 1 heterocycles. The van der Waals surface area contributed by atoms with Gasteiger partial charge in [-0.1, -0.05) is 12.1 Å². The average Bonchev–Trinajstić information content (AvgIpc) is 2.40. The summed E-state index contributed by atoms with van der Waals surface area (Å²) in [5.74, 6) is 1.04. The van der Waals surface area contributed by atoms with E-state index in [0.29, 0.717) is 5.41 Å². The van der Waals surface area contributed by atoms with Crippen molar-refractivity contribution in [2.45, 2.75) is 24.7 Å². The molecule has 5 rings (SSSR count). The van der Waals surface area contributed by atoms with Gasteiger partial charge in [0.1, 0.15) is 5.01 Å². The largest absolute Gasteiger partial charge is 0.241 e. The van der Waals surface area contributed by atoms with E-state index in [9.17, 15) is 0 Å². The fourth-order valence-corrected chi connectivity index (χ4v) is 4.02. The van der Waals surface area contributed by atoms with E-state index in [1.807, 2.05) is 11.3 Å². The van der Waals surface area contributed by atoms with E-state index >= 15 is 0 Å². The van der Waals surface area contributed by atoms with Crippen LogP contribution < -0.4 is 0 Å². The van der Waals surface area contributed by atoms with E-state index < -0.39 is 0 Å². The van der Waals surface area contributed by atoms with Crippen molar-refractivity contribution in [1.29, 1.82) is 0 Å². The summed E-state index contributed by atoms with van der Waals surface area (Å²) in [5.41, 5.74) is 1.73. The molecular weight excluding hydrogens is 190 g/mol. The zero-order valence-electron chi connectivity index (χ0n) is 7.86. The number of nitrogens with zero attached hydrogens (tertiary/aromatic N) is 1. The first kappa shape index (κ1) is 7.41. The summed E-state index contributed by atoms with van der Waals surface area (Å²) in [6.07, 6.45) is 4.23. The predicted molar refractivity (Wildman–Crippen MR) is 58.6 cm³/mol. The van der Waals surface area contributed by atoms with E-state index in [1.165, 1.54) is 34.5 Å². The van der Waals surface area contributed by atoms with Crippen LogP contribution in [0.2, 0.25) is 0 Å². The first-order valence-corrected chi connectivity index (χ1v) is 6.03. The highest BCUT2D eigenvalue weighted by Crippen LogP contribution is 2.65. The smallest absolute Gasteiger partial charge is 0.100 e. The van der Waals surface area contributed by atoms with Gasteiger partial charge < -0.3 is 0 Å². The van der Waals surface area contributed by atoms with Crippen LogP contribution in [0.3, 0.4) is 0 Å². The molecule has 0 spiro atoms. The standard InChI is InChI=1S/C12H11NS/c1-2-4-10-9(3-1)13-11(14-10)12-5-8(6-12)7-12/h1-4,8H,5-7H2. The number of para-hydroxylation sites is 1. The highest BCUT2D eigenvalue weighted by Gasteiger charge is 2.59. The predicted octanol–water partition coefficient (Wildman–Crippen LogP) is 3.35. The monoisotopic (exact) mass is 201 g/mol. The van der Waals surface area contributed by atoms with Gasteiger partial charge in [-0.05, 0) is 37.3 Å². The number of thiazole rings is 1. The Kier molecular flexibility index (Phi) is 1.16. The van der Waals surface area contributed by atoms with E-state index in [4.69, 9.17) is 4.98 Å². The van der Waals surface area contributed by atoms with Crippen molar-refractivity contribution in [3.63, 3.8) is 0 Å². The van der Waals surface area contributed by atoms with Crippen molar-refractivity contribution >= 4 is 21.6 Å². The van der Waals surface area contributed by atoms with Gasteiger partial charge in [0.2, 0.25) is 0 Å². The van der Waals surface area contributed by atoms with Crippen LogP contribution >= 0.6 is 11.3 Å². The van der Waals surface area contributed by atoms with Crippen LogP contribution in [-0.4, -0.2) is 4.98 Å². The summed E-state index contributed by atoms with van der Waals surface area (Å²) < 4.78 is 1.35. The minimum absolute atomic E-state index is 0.536. The van der Waals surface area contributed by atoms with Crippen molar-refractivity contribution in [2.75, 3.05) is 0 Å². The Hall–Kier alpha value is -0.890. The lowest BCUT2D eigenvalue weighted by Crippen LogP contribution is -2.55. The first-order valence-electron chi connectivity index (χ1n) is 5.22. The molecule has 0 aliphatic heterocycles. The number of fused-ring (bicyclic) bond motifs is 1. The molecule has 0 N–H and O–H groups in total. The Morgan fingerprint density at radius 2 is 2.00 bits per heavy atom. The summed E-state index contributed by atoms with van der Waals surface area (Å²) in [4.78, 5) is 4.76. The van der Waals surface area contributed by atoms with E-state index in [0.717, 1.165) is 5.92 Å². The van der Waals surface area contributed by atoms with E-state index in [1.54, 1.807) is 0 Å². The molecule has 2 aromatic rings. The van der Waals surface area contributed by atoms with Crippen LogP contribution in [-0.2, 0) is 5.41 Å². The maximum Gasteiger partial charge on any atom is 0.100 e. The van der Waals surface area contributed by atoms with Crippen LogP contribution in [0.1, 0.15) is 24.3 Å². The minimum atomic E-state index is 0.536. The average molecular weight is 201 g/mol. The van der Waals surface area contributed by atoms with Gasteiger partial charge in [0.15, 0.2) is 0 Å². The molecule has 3 aliphatic rings. The summed E-state index contributed by atoms with van der Waals surface area (Å²) in [5, 5.41) is 1.40. The molecular formula is C12H11NS. The van der Waals surface area contributed by atoms with Gasteiger partial charge >= 0.3 is 0 Å². The van der Waals surface area contributed by atoms with Crippen LogP contribution in [0.5, 0.6) is 0 Å². The molecule has 70 valence electrons. The van der Waals surface area contributed by atoms with Crippen LogP contribution in [0, 0.1) is 5.92 Å². The van der Waals surface area contributed by atoms with Crippen LogP contribution in [0.4, 0.5) is 0 Å². The Bertz CT molecular complexity index is 464. The van der Waals surface area contributed by atoms with Crippen molar-refractivity contribution in [1.82, 2.24) is 4.98 Å². The van der Waals surface area contributed by atoms with E-state index in [2.05, 4.69) is 24.3 Å². The number of hydrogen-bond acceptors (Lipinski definition) is 2. The summed E-state index contributed by atoms with van der Waals surface area (Å²) in [6, 6.07) is 8.49. The topological polar surface area (TPSA) is 12.9 Å². The summed E-state index contributed by atoms with van der Waals surface area (Å²) in [6.45, 7) is 0. The zero-order valence-corrected chi connectivity index (χ0v) is 8.68. The maximum absolute atomic E-state index is 4.76. The Labute approximate surface area is 86.8 Å². The number of benzene rings is 1. The molecule has 0 atom stereocenters. The fraction of sp³-hybridized carbons (Fsp3) is 0.417.